The quantitative estimate of drug-likeness (QED) is 0.687. The second-order valence-electron chi connectivity index (χ2n) is 4.31. The molecule has 0 aromatic heterocycles. The Morgan fingerprint density at radius 2 is 2.10 bits per heavy atom. The molecule has 0 spiro atoms. The van der Waals surface area contributed by atoms with E-state index in [2.05, 4.69) is 0 Å². The van der Waals surface area contributed by atoms with Gasteiger partial charge in [0.05, 0.1) is 5.97 Å². The molecule has 1 heterocycles. The SMILES string of the molecule is N[C@@H](CCC(=O)OCc1ccc2c(c1)OCO2)C(=O)[O-]. The number of nitrogens with two attached hydrogens (primary N) is 1. The molecule has 0 unspecified atom stereocenters. The van der Waals surface area contributed by atoms with Gasteiger partial charge in [0, 0.05) is 12.5 Å². The maximum Gasteiger partial charge on any atom is 0.306 e. The summed E-state index contributed by atoms with van der Waals surface area (Å²) in [6.45, 7) is 0.260. The van der Waals surface area contributed by atoms with Gasteiger partial charge in [-0.3, -0.25) is 4.79 Å². The zero-order chi connectivity index (χ0) is 14.5. The fourth-order valence-electron chi connectivity index (χ4n) is 1.66. The molecule has 108 valence electrons. The van der Waals surface area contributed by atoms with Crippen molar-refractivity contribution in [3.8, 4) is 11.5 Å². The van der Waals surface area contributed by atoms with Crippen LogP contribution in [0.2, 0.25) is 0 Å². The molecule has 1 aromatic carbocycles. The second-order valence-corrected chi connectivity index (χ2v) is 4.31. The number of hydrogen-bond acceptors (Lipinski definition) is 7. The number of rotatable bonds is 6. The maximum absolute atomic E-state index is 11.4. The molecule has 0 aliphatic carbocycles. The summed E-state index contributed by atoms with van der Waals surface area (Å²) in [5.74, 6) is -0.634. The van der Waals surface area contributed by atoms with Crippen LogP contribution in [-0.2, 0) is 20.9 Å². The van der Waals surface area contributed by atoms with Gasteiger partial charge in [0.15, 0.2) is 11.5 Å². The summed E-state index contributed by atoms with van der Waals surface area (Å²) in [5.41, 5.74) is 5.99. The number of carboxylic acid groups (broad SMARTS) is 1. The lowest BCUT2D eigenvalue weighted by molar-refractivity contribution is -0.307. The average Bonchev–Trinajstić information content (AvgIpc) is 2.89. The van der Waals surface area contributed by atoms with Crippen LogP contribution in [0.5, 0.6) is 11.5 Å². The van der Waals surface area contributed by atoms with E-state index in [1.54, 1.807) is 18.2 Å². The van der Waals surface area contributed by atoms with Crippen molar-refractivity contribution < 1.29 is 28.9 Å². The molecule has 7 heteroatoms. The smallest absolute Gasteiger partial charge is 0.306 e. The van der Waals surface area contributed by atoms with Gasteiger partial charge in [0.2, 0.25) is 6.79 Å². The Balaban J connectivity index is 1.77. The molecule has 0 saturated heterocycles. The highest BCUT2D eigenvalue weighted by Gasteiger charge is 2.14. The Morgan fingerprint density at radius 1 is 1.35 bits per heavy atom. The molecule has 2 N–H and O–H groups in total. The first-order valence-corrected chi connectivity index (χ1v) is 6.07. The highest BCUT2D eigenvalue weighted by molar-refractivity contribution is 5.73. The Kier molecular flexibility index (Phi) is 4.41. The van der Waals surface area contributed by atoms with Gasteiger partial charge in [-0.1, -0.05) is 6.07 Å². The molecule has 0 fully saturated rings. The fraction of sp³-hybridized carbons (Fsp3) is 0.385. The lowest BCUT2D eigenvalue weighted by Gasteiger charge is -2.11. The van der Waals surface area contributed by atoms with Gasteiger partial charge in [-0.15, -0.1) is 0 Å². The molecule has 0 saturated carbocycles. The first-order chi connectivity index (χ1) is 9.56. The Hall–Kier alpha value is -2.28. The molecule has 20 heavy (non-hydrogen) atoms. The van der Waals surface area contributed by atoms with E-state index >= 15 is 0 Å². The van der Waals surface area contributed by atoms with E-state index in [4.69, 9.17) is 19.9 Å². The van der Waals surface area contributed by atoms with E-state index in [1.807, 2.05) is 0 Å². The molecule has 1 aromatic rings. The molecule has 2 rings (SSSR count). The number of carboxylic acids is 1. The minimum atomic E-state index is -1.38. The third-order valence-corrected chi connectivity index (χ3v) is 2.80. The molecule has 0 amide bonds. The summed E-state index contributed by atoms with van der Waals surface area (Å²) < 4.78 is 15.4. The summed E-state index contributed by atoms with van der Waals surface area (Å²) in [7, 11) is 0. The number of esters is 1. The van der Waals surface area contributed by atoms with Crippen molar-refractivity contribution in [2.45, 2.75) is 25.5 Å². The minimum absolute atomic E-state index is 0.0116. The van der Waals surface area contributed by atoms with Crippen LogP contribution in [0.1, 0.15) is 18.4 Å². The average molecular weight is 280 g/mol. The minimum Gasteiger partial charge on any atom is -0.548 e. The number of ether oxygens (including phenoxy) is 3. The largest absolute Gasteiger partial charge is 0.548 e. The molecule has 7 nitrogen and oxygen atoms in total. The predicted molar refractivity (Wildman–Crippen MR) is 64.6 cm³/mol. The summed E-state index contributed by atoms with van der Waals surface area (Å²) in [6, 6.07) is 4.06. The molecule has 0 radical (unpaired) electrons. The number of carbonyl (C=O) groups excluding carboxylic acids is 2. The first kappa shape index (κ1) is 14.1. The first-order valence-electron chi connectivity index (χ1n) is 6.07. The molecule has 1 atom stereocenters. The van der Waals surface area contributed by atoms with Gasteiger partial charge in [-0.25, -0.2) is 0 Å². The highest BCUT2D eigenvalue weighted by atomic mass is 16.7. The van der Waals surface area contributed by atoms with E-state index in [1.165, 1.54) is 0 Å². The van der Waals surface area contributed by atoms with Crippen molar-refractivity contribution in [1.82, 2.24) is 0 Å². The summed E-state index contributed by atoms with van der Waals surface area (Å²) in [4.78, 5) is 21.8. The summed E-state index contributed by atoms with van der Waals surface area (Å²) in [6.07, 6.45) is -0.0813. The lowest BCUT2D eigenvalue weighted by Crippen LogP contribution is -2.42. The third-order valence-electron chi connectivity index (χ3n) is 2.80. The third kappa shape index (κ3) is 3.61. The highest BCUT2D eigenvalue weighted by Crippen LogP contribution is 2.32. The van der Waals surface area contributed by atoms with Crippen molar-refractivity contribution in [2.24, 2.45) is 5.73 Å². The van der Waals surface area contributed by atoms with Gasteiger partial charge >= 0.3 is 5.97 Å². The number of carbonyl (C=O) groups is 2. The Bertz CT molecular complexity index is 516. The lowest BCUT2D eigenvalue weighted by atomic mass is 10.2. The molecule has 1 aliphatic heterocycles. The van der Waals surface area contributed by atoms with Crippen LogP contribution in [-0.4, -0.2) is 24.8 Å². The van der Waals surface area contributed by atoms with Crippen molar-refractivity contribution in [3.63, 3.8) is 0 Å². The van der Waals surface area contributed by atoms with E-state index in [9.17, 15) is 14.7 Å². The zero-order valence-corrected chi connectivity index (χ0v) is 10.7. The van der Waals surface area contributed by atoms with Crippen LogP contribution in [0.3, 0.4) is 0 Å². The van der Waals surface area contributed by atoms with E-state index in [0.29, 0.717) is 11.5 Å². The Labute approximate surface area is 115 Å². The van der Waals surface area contributed by atoms with E-state index in [0.717, 1.165) is 5.56 Å². The van der Waals surface area contributed by atoms with Crippen LogP contribution >= 0.6 is 0 Å². The standard InChI is InChI=1S/C13H15NO6/c14-9(13(16)17)2-4-12(15)18-6-8-1-3-10-11(5-8)20-7-19-10/h1,3,5,9H,2,4,6-7,14H2,(H,16,17)/p-1/t9-/m0/s1. The zero-order valence-electron chi connectivity index (χ0n) is 10.7. The summed E-state index contributed by atoms with van der Waals surface area (Å²) >= 11 is 0. The molecular weight excluding hydrogens is 266 g/mol. The van der Waals surface area contributed by atoms with Gasteiger partial charge in [0.25, 0.3) is 0 Å². The predicted octanol–water partition coefficient (Wildman–Crippen LogP) is -0.684. The van der Waals surface area contributed by atoms with Crippen LogP contribution in [0.4, 0.5) is 0 Å². The maximum atomic E-state index is 11.4. The van der Waals surface area contributed by atoms with Crippen LogP contribution < -0.4 is 20.3 Å². The van der Waals surface area contributed by atoms with Crippen LogP contribution in [0.25, 0.3) is 0 Å². The van der Waals surface area contributed by atoms with Gasteiger partial charge < -0.3 is 29.8 Å². The van der Waals surface area contributed by atoms with Gasteiger partial charge in [-0.2, -0.15) is 0 Å². The van der Waals surface area contributed by atoms with Crippen molar-refractivity contribution in [2.75, 3.05) is 6.79 Å². The van der Waals surface area contributed by atoms with E-state index in [-0.39, 0.29) is 26.2 Å². The summed E-state index contributed by atoms with van der Waals surface area (Å²) in [5, 5.41) is 10.4. The topological polar surface area (TPSA) is 111 Å². The monoisotopic (exact) mass is 280 g/mol. The van der Waals surface area contributed by atoms with Crippen LogP contribution in [0.15, 0.2) is 18.2 Å². The second kappa shape index (κ2) is 6.25. The number of hydrogen-bond donors (Lipinski definition) is 1. The van der Waals surface area contributed by atoms with Crippen molar-refractivity contribution >= 4 is 11.9 Å². The normalized spacial score (nSPS) is 13.8. The van der Waals surface area contributed by atoms with Crippen molar-refractivity contribution in [1.29, 1.82) is 0 Å². The number of aliphatic carboxylic acids is 1. The van der Waals surface area contributed by atoms with E-state index < -0.39 is 18.0 Å². The van der Waals surface area contributed by atoms with Crippen molar-refractivity contribution in [3.05, 3.63) is 23.8 Å². The molecular formula is C13H14NO6-. The van der Waals surface area contributed by atoms with Gasteiger partial charge in [-0.05, 0) is 24.1 Å². The number of benzene rings is 1. The fourth-order valence-corrected chi connectivity index (χ4v) is 1.66. The molecule has 1 aliphatic rings. The number of fused-ring (bicyclic) bond motifs is 1. The molecule has 0 bridgehead atoms. The Morgan fingerprint density at radius 3 is 2.85 bits per heavy atom. The van der Waals surface area contributed by atoms with Crippen LogP contribution in [0, 0.1) is 0 Å². The van der Waals surface area contributed by atoms with Gasteiger partial charge in [0.1, 0.15) is 6.61 Å².